The summed E-state index contributed by atoms with van der Waals surface area (Å²) in [5, 5.41) is 2.70. The van der Waals surface area contributed by atoms with Crippen molar-refractivity contribution in [2.45, 2.75) is 13.3 Å². The Hall–Kier alpha value is -2.19. The van der Waals surface area contributed by atoms with Crippen LogP contribution in [-0.4, -0.2) is 37.9 Å². The molecule has 1 aromatic heterocycles. The van der Waals surface area contributed by atoms with Crippen LogP contribution in [0.2, 0.25) is 0 Å². The zero-order valence-electron chi connectivity index (χ0n) is 14.3. The van der Waals surface area contributed by atoms with E-state index in [1.165, 1.54) is 25.4 Å². The number of Topliss-reactive ketones (excluding diaryl/α,β-unsaturated/α-hetero) is 1. The van der Waals surface area contributed by atoms with E-state index in [4.69, 9.17) is 9.47 Å². The predicted molar refractivity (Wildman–Crippen MR) is 102 cm³/mol. The summed E-state index contributed by atoms with van der Waals surface area (Å²) < 4.78 is 10.8. The van der Waals surface area contributed by atoms with E-state index >= 15 is 0 Å². The van der Waals surface area contributed by atoms with Crippen molar-refractivity contribution in [3.05, 3.63) is 50.1 Å². The van der Waals surface area contributed by atoms with Gasteiger partial charge in [-0.3, -0.25) is 9.59 Å². The summed E-state index contributed by atoms with van der Waals surface area (Å²) in [5.41, 5.74) is 0.291. The van der Waals surface area contributed by atoms with E-state index in [9.17, 15) is 14.4 Å². The fraction of sp³-hybridized carbons (Fsp3) is 0.278. The van der Waals surface area contributed by atoms with Crippen molar-refractivity contribution in [1.29, 1.82) is 0 Å². The summed E-state index contributed by atoms with van der Waals surface area (Å²) in [5.74, 6) is -0.443. The van der Waals surface area contributed by atoms with Gasteiger partial charge >= 0.3 is 5.97 Å². The van der Waals surface area contributed by atoms with E-state index in [1.54, 1.807) is 24.3 Å². The standard InChI is InChI=1S/C18H18BrNO5S/c1-11(21)20-8-7-13-4-6-17(26-13)16(22)10-25-18(23)14-9-12(24-2)3-5-15(14)19/h3-6,9H,7-8,10H2,1-2H3,(H,20,21). The first-order chi connectivity index (χ1) is 12.4. The first kappa shape index (κ1) is 20.1. The van der Waals surface area contributed by atoms with Gasteiger partial charge in [0.05, 0.1) is 17.6 Å². The Kier molecular flexibility index (Phi) is 7.35. The van der Waals surface area contributed by atoms with Gasteiger partial charge in [0.25, 0.3) is 0 Å². The third kappa shape index (κ3) is 5.67. The average Bonchev–Trinajstić information content (AvgIpc) is 3.08. The number of benzene rings is 1. The van der Waals surface area contributed by atoms with Crippen molar-refractivity contribution in [3.63, 3.8) is 0 Å². The van der Waals surface area contributed by atoms with Crippen LogP contribution in [0.3, 0.4) is 0 Å². The van der Waals surface area contributed by atoms with Gasteiger partial charge < -0.3 is 14.8 Å². The second-order valence-electron chi connectivity index (χ2n) is 5.34. The van der Waals surface area contributed by atoms with Crippen molar-refractivity contribution in [1.82, 2.24) is 5.32 Å². The molecule has 0 aliphatic heterocycles. The third-order valence-corrected chi connectivity index (χ3v) is 5.29. The molecule has 26 heavy (non-hydrogen) atoms. The fourth-order valence-electron chi connectivity index (χ4n) is 2.09. The molecule has 0 saturated carbocycles. The van der Waals surface area contributed by atoms with Gasteiger partial charge in [0, 0.05) is 22.8 Å². The van der Waals surface area contributed by atoms with Gasteiger partial charge in [-0.1, -0.05) is 0 Å². The van der Waals surface area contributed by atoms with E-state index in [0.29, 0.717) is 33.6 Å². The van der Waals surface area contributed by atoms with Crippen LogP contribution in [0.5, 0.6) is 5.75 Å². The Bertz CT molecular complexity index is 818. The van der Waals surface area contributed by atoms with Crippen LogP contribution in [0, 0.1) is 0 Å². The molecule has 1 amide bonds. The van der Waals surface area contributed by atoms with Crippen LogP contribution in [0.4, 0.5) is 0 Å². The van der Waals surface area contributed by atoms with Crippen LogP contribution in [0.1, 0.15) is 31.8 Å². The Labute approximate surface area is 163 Å². The molecule has 2 rings (SSSR count). The van der Waals surface area contributed by atoms with E-state index in [-0.39, 0.29) is 18.3 Å². The lowest BCUT2D eigenvalue weighted by molar-refractivity contribution is -0.118. The molecule has 6 nitrogen and oxygen atoms in total. The lowest BCUT2D eigenvalue weighted by Gasteiger charge is -2.07. The van der Waals surface area contributed by atoms with Gasteiger partial charge in [-0.25, -0.2) is 4.79 Å². The third-order valence-electron chi connectivity index (χ3n) is 3.41. The normalized spacial score (nSPS) is 10.3. The molecule has 0 atom stereocenters. The number of hydrogen-bond acceptors (Lipinski definition) is 6. The molecular formula is C18H18BrNO5S. The molecule has 0 spiro atoms. The number of hydrogen-bond donors (Lipinski definition) is 1. The van der Waals surface area contributed by atoms with Crippen LogP contribution in [-0.2, 0) is 16.0 Å². The molecule has 2 aromatic rings. The van der Waals surface area contributed by atoms with Gasteiger partial charge in [0.1, 0.15) is 5.75 Å². The summed E-state index contributed by atoms with van der Waals surface area (Å²) in [7, 11) is 1.50. The number of halogens is 1. The van der Waals surface area contributed by atoms with Crippen LogP contribution >= 0.6 is 27.3 Å². The van der Waals surface area contributed by atoms with Crippen LogP contribution < -0.4 is 10.1 Å². The van der Waals surface area contributed by atoms with E-state index < -0.39 is 5.97 Å². The molecule has 0 aliphatic rings. The largest absolute Gasteiger partial charge is 0.497 e. The number of carbonyl (C=O) groups is 3. The number of ether oxygens (including phenoxy) is 2. The number of nitrogens with one attached hydrogen (secondary N) is 1. The first-order valence-corrected chi connectivity index (χ1v) is 9.38. The summed E-state index contributed by atoms with van der Waals surface area (Å²) in [4.78, 5) is 36.7. The number of carbonyl (C=O) groups excluding carboxylic acids is 3. The number of thiophene rings is 1. The van der Waals surface area contributed by atoms with Crippen molar-refractivity contribution in [2.75, 3.05) is 20.3 Å². The Morgan fingerprint density at radius 2 is 1.96 bits per heavy atom. The molecule has 1 N–H and O–H groups in total. The molecule has 0 fully saturated rings. The summed E-state index contributed by atoms with van der Waals surface area (Å²) in [6.45, 7) is 1.63. The van der Waals surface area contributed by atoms with Crippen LogP contribution in [0.15, 0.2) is 34.8 Å². The minimum absolute atomic E-state index is 0.0894. The second-order valence-corrected chi connectivity index (χ2v) is 7.37. The Morgan fingerprint density at radius 3 is 2.65 bits per heavy atom. The fourth-order valence-corrected chi connectivity index (χ4v) is 3.43. The Balaban J connectivity index is 1.91. The van der Waals surface area contributed by atoms with Gasteiger partial charge in [-0.05, 0) is 52.7 Å². The minimum Gasteiger partial charge on any atom is -0.497 e. The second kappa shape index (κ2) is 9.49. The van der Waals surface area contributed by atoms with Gasteiger partial charge in [0.15, 0.2) is 6.61 Å². The summed E-state index contributed by atoms with van der Waals surface area (Å²) in [6.07, 6.45) is 0.647. The lowest BCUT2D eigenvalue weighted by atomic mass is 10.2. The topological polar surface area (TPSA) is 81.7 Å². The van der Waals surface area contributed by atoms with Crippen molar-refractivity contribution >= 4 is 44.9 Å². The van der Waals surface area contributed by atoms with E-state index in [2.05, 4.69) is 21.2 Å². The molecule has 0 radical (unpaired) electrons. The highest BCUT2D eigenvalue weighted by Gasteiger charge is 2.16. The molecule has 0 saturated heterocycles. The average molecular weight is 440 g/mol. The number of ketones is 1. The van der Waals surface area contributed by atoms with Gasteiger partial charge in [-0.15, -0.1) is 11.3 Å². The van der Waals surface area contributed by atoms with E-state index in [0.717, 1.165) is 4.88 Å². The highest BCUT2D eigenvalue weighted by Crippen LogP contribution is 2.23. The number of amides is 1. The molecule has 0 bridgehead atoms. The summed E-state index contributed by atoms with van der Waals surface area (Å²) in [6, 6.07) is 8.46. The lowest BCUT2D eigenvalue weighted by Crippen LogP contribution is -2.22. The molecule has 1 heterocycles. The molecule has 8 heteroatoms. The quantitative estimate of drug-likeness (QED) is 0.504. The monoisotopic (exact) mass is 439 g/mol. The molecular weight excluding hydrogens is 422 g/mol. The smallest absolute Gasteiger partial charge is 0.339 e. The maximum Gasteiger partial charge on any atom is 0.339 e. The molecule has 0 aliphatic carbocycles. The van der Waals surface area contributed by atoms with Gasteiger partial charge in [0.2, 0.25) is 11.7 Å². The zero-order chi connectivity index (χ0) is 19.1. The molecule has 138 valence electrons. The van der Waals surface area contributed by atoms with Crippen molar-refractivity contribution < 1.29 is 23.9 Å². The number of methoxy groups -OCH3 is 1. The predicted octanol–water partition coefficient (Wildman–Crippen LogP) is 3.24. The molecule has 1 aromatic carbocycles. The SMILES string of the molecule is COc1ccc(Br)c(C(=O)OCC(=O)c2ccc(CCNC(C)=O)s2)c1. The van der Waals surface area contributed by atoms with Gasteiger partial charge in [-0.2, -0.15) is 0 Å². The minimum atomic E-state index is -0.605. The highest BCUT2D eigenvalue weighted by molar-refractivity contribution is 9.10. The maximum absolute atomic E-state index is 12.2. The first-order valence-electron chi connectivity index (χ1n) is 7.77. The Morgan fingerprint density at radius 1 is 1.19 bits per heavy atom. The zero-order valence-corrected chi connectivity index (χ0v) is 16.7. The molecule has 0 unspecified atom stereocenters. The highest BCUT2D eigenvalue weighted by atomic mass is 79.9. The van der Waals surface area contributed by atoms with Crippen LogP contribution in [0.25, 0.3) is 0 Å². The maximum atomic E-state index is 12.2. The number of rotatable bonds is 8. The number of esters is 1. The summed E-state index contributed by atoms with van der Waals surface area (Å²) >= 11 is 4.61. The van der Waals surface area contributed by atoms with Crippen molar-refractivity contribution in [2.24, 2.45) is 0 Å². The van der Waals surface area contributed by atoms with Crippen molar-refractivity contribution in [3.8, 4) is 5.75 Å². The van der Waals surface area contributed by atoms with E-state index in [1.807, 2.05) is 6.07 Å².